The number of piperidine rings is 1. The van der Waals surface area contributed by atoms with E-state index in [-0.39, 0.29) is 17.7 Å². The molecular formula is C16H24N2O4. The van der Waals surface area contributed by atoms with Crippen molar-refractivity contribution in [1.29, 1.82) is 0 Å². The van der Waals surface area contributed by atoms with Crippen LogP contribution in [0.1, 0.15) is 36.7 Å². The number of hydrogen-bond donors (Lipinski definition) is 1. The zero-order valence-corrected chi connectivity index (χ0v) is 13.0. The molecule has 2 heterocycles. The molecule has 1 aliphatic heterocycles. The van der Waals surface area contributed by atoms with Gasteiger partial charge < -0.3 is 19.4 Å². The highest BCUT2D eigenvalue weighted by Gasteiger charge is 2.29. The van der Waals surface area contributed by atoms with Crippen LogP contribution in [0.2, 0.25) is 0 Å². The van der Waals surface area contributed by atoms with Crippen LogP contribution in [0, 0.1) is 5.92 Å². The Morgan fingerprint density at radius 1 is 1.50 bits per heavy atom. The quantitative estimate of drug-likeness (QED) is 0.778. The Balaban J connectivity index is 1.77. The number of nitrogens with one attached hydrogen (secondary N) is 1. The summed E-state index contributed by atoms with van der Waals surface area (Å²) in [7, 11) is 0. The van der Waals surface area contributed by atoms with Gasteiger partial charge in [0.05, 0.1) is 12.2 Å². The topological polar surface area (TPSA) is 71.8 Å². The number of rotatable bonds is 7. The summed E-state index contributed by atoms with van der Waals surface area (Å²) < 4.78 is 10.4. The average Bonchev–Trinajstić information content (AvgIpc) is 3.08. The summed E-state index contributed by atoms with van der Waals surface area (Å²) in [6, 6.07) is 3.35. The Hall–Kier alpha value is -1.82. The van der Waals surface area contributed by atoms with Crippen LogP contribution in [0.15, 0.2) is 22.8 Å². The summed E-state index contributed by atoms with van der Waals surface area (Å²) in [6.45, 7) is 5.04. The molecule has 2 amide bonds. The summed E-state index contributed by atoms with van der Waals surface area (Å²) in [5, 5.41) is 2.93. The largest absolute Gasteiger partial charge is 0.459 e. The SMILES string of the molecule is CCOCCCNC(=O)C1CCCN(C(=O)c2ccco2)C1. The van der Waals surface area contributed by atoms with Gasteiger partial charge in [-0.25, -0.2) is 0 Å². The fraction of sp³-hybridized carbons (Fsp3) is 0.625. The minimum atomic E-state index is -0.140. The van der Waals surface area contributed by atoms with Gasteiger partial charge in [0, 0.05) is 32.8 Å². The Morgan fingerprint density at radius 3 is 3.09 bits per heavy atom. The Kier molecular flexibility index (Phi) is 6.45. The second-order valence-electron chi connectivity index (χ2n) is 5.41. The third kappa shape index (κ3) is 4.59. The van der Waals surface area contributed by atoms with E-state index in [1.807, 2.05) is 6.92 Å². The Labute approximate surface area is 130 Å². The highest BCUT2D eigenvalue weighted by atomic mass is 16.5. The predicted molar refractivity (Wildman–Crippen MR) is 81.5 cm³/mol. The van der Waals surface area contributed by atoms with Crippen LogP contribution in [0.5, 0.6) is 0 Å². The lowest BCUT2D eigenvalue weighted by atomic mass is 9.97. The van der Waals surface area contributed by atoms with Crippen molar-refractivity contribution in [2.45, 2.75) is 26.2 Å². The molecule has 0 radical (unpaired) electrons. The summed E-state index contributed by atoms with van der Waals surface area (Å²) >= 11 is 0. The predicted octanol–water partition coefficient (Wildman–Crippen LogP) is 1.67. The van der Waals surface area contributed by atoms with Crippen molar-refractivity contribution in [3.8, 4) is 0 Å². The van der Waals surface area contributed by atoms with Crippen LogP contribution in [0.4, 0.5) is 0 Å². The van der Waals surface area contributed by atoms with Crippen molar-refractivity contribution >= 4 is 11.8 Å². The maximum absolute atomic E-state index is 12.2. The Bertz CT molecular complexity index is 473. The van der Waals surface area contributed by atoms with Gasteiger partial charge in [0.25, 0.3) is 5.91 Å². The van der Waals surface area contributed by atoms with Gasteiger partial charge in [0.1, 0.15) is 0 Å². The first-order valence-corrected chi connectivity index (χ1v) is 7.90. The summed E-state index contributed by atoms with van der Waals surface area (Å²) in [5.41, 5.74) is 0. The van der Waals surface area contributed by atoms with Crippen LogP contribution >= 0.6 is 0 Å². The zero-order valence-electron chi connectivity index (χ0n) is 13.0. The van der Waals surface area contributed by atoms with Crippen molar-refractivity contribution < 1.29 is 18.7 Å². The summed E-state index contributed by atoms with van der Waals surface area (Å²) in [4.78, 5) is 26.1. The molecule has 1 fully saturated rings. The number of carbonyl (C=O) groups excluding carboxylic acids is 2. The first kappa shape index (κ1) is 16.5. The van der Waals surface area contributed by atoms with E-state index < -0.39 is 0 Å². The fourth-order valence-corrected chi connectivity index (χ4v) is 2.61. The van der Waals surface area contributed by atoms with Gasteiger partial charge in [-0.2, -0.15) is 0 Å². The fourth-order valence-electron chi connectivity index (χ4n) is 2.61. The molecule has 6 heteroatoms. The highest BCUT2D eigenvalue weighted by Crippen LogP contribution is 2.19. The smallest absolute Gasteiger partial charge is 0.289 e. The van der Waals surface area contributed by atoms with Gasteiger partial charge in [-0.3, -0.25) is 9.59 Å². The number of ether oxygens (including phenoxy) is 1. The molecule has 1 unspecified atom stereocenters. The molecule has 2 rings (SSSR count). The van der Waals surface area contributed by atoms with Crippen LogP contribution in [0.3, 0.4) is 0 Å². The van der Waals surface area contributed by atoms with Crippen LogP contribution in [-0.2, 0) is 9.53 Å². The summed E-state index contributed by atoms with van der Waals surface area (Å²) in [6.07, 6.45) is 3.95. The molecular weight excluding hydrogens is 284 g/mol. The third-order valence-electron chi connectivity index (χ3n) is 3.78. The van der Waals surface area contributed by atoms with Gasteiger partial charge in [-0.05, 0) is 38.3 Å². The molecule has 0 spiro atoms. The minimum absolute atomic E-state index is 0.0217. The van der Waals surface area contributed by atoms with Gasteiger partial charge >= 0.3 is 0 Å². The second-order valence-corrected chi connectivity index (χ2v) is 5.41. The van der Waals surface area contributed by atoms with Crippen molar-refractivity contribution in [2.24, 2.45) is 5.92 Å². The van der Waals surface area contributed by atoms with E-state index in [0.29, 0.717) is 38.6 Å². The van der Waals surface area contributed by atoms with Gasteiger partial charge in [-0.1, -0.05) is 0 Å². The standard InChI is InChI=1S/C16H24N2O4/c1-2-21-10-5-8-17-15(19)13-6-3-9-18(12-13)16(20)14-7-4-11-22-14/h4,7,11,13H,2-3,5-6,8-10,12H2,1H3,(H,17,19). The maximum atomic E-state index is 12.2. The minimum Gasteiger partial charge on any atom is -0.459 e. The third-order valence-corrected chi connectivity index (χ3v) is 3.78. The molecule has 1 aliphatic rings. The van der Waals surface area contributed by atoms with E-state index in [0.717, 1.165) is 19.3 Å². The monoisotopic (exact) mass is 308 g/mol. The van der Waals surface area contributed by atoms with Crippen molar-refractivity contribution in [1.82, 2.24) is 10.2 Å². The number of hydrogen-bond acceptors (Lipinski definition) is 4. The molecule has 1 aromatic heterocycles. The number of carbonyl (C=O) groups is 2. The summed E-state index contributed by atoms with van der Waals surface area (Å²) in [5.74, 6) is 0.0739. The van der Waals surface area contributed by atoms with Crippen LogP contribution in [0.25, 0.3) is 0 Å². The molecule has 6 nitrogen and oxygen atoms in total. The van der Waals surface area contributed by atoms with Crippen LogP contribution in [-0.4, -0.2) is 49.6 Å². The molecule has 0 aromatic carbocycles. The molecule has 122 valence electrons. The molecule has 22 heavy (non-hydrogen) atoms. The number of nitrogens with zero attached hydrogens (tertiary/aromatic N) is 1. The van der Waals surface area contributed by atoms with Crippen molar-refractivity contribution in [3.05, 3.63) is 24.2 Å². The van der Waals surface area contributed by atoms with E-state index in [1.165, 1.54) is 6.26 Å². The number of amides is 2. The first-order valence-electron chi connectivity index (χ1n) is 7.90. The van der Waals surface area contributed by atoms with Gasteiger partial charge in [0.15, 0.2) is 5.76 Å². The molecule has 0 saturated carbocycles. The number of likely N-dealkylation sites (tertiary alicyclic amines) is 1. The maximum Gasteiger partial charge on any atom is 0.289 e. The molecule has 1 atom stereocenters. The first-order chi connectivity index (χ1) is 10.7. The van der Waals surface area contributed by atoms with Crippen molar-refractivity contribution in [2.75, 3.05) is 32.8 Å². The molecule has 1 saturated heterocycles. The number of furan rings is 1. The lowest BCUT2D eigenvalue weighted by Crippen LogP contribution is -2.45. The van der Waals surface area contributed by atoms with Crippen molar-refractivity contribution in [3.63, 3.8) is 0 Å². The average molecular weight is 308 g/mol. The lowest BCUT2D eigenvalue weighted by Gasteiger charge is -2.31. The molecule has 0 aliphatic carbocycles. The van der Waals surface area contributed by atoms with E-state index in [1.54, 1.807) is 17.0 Å². The molecule has 0 bridgehead atoms. The van der Waals surface area contributed by atoms with E-state index >= 15 is 0 Å². The zero-order chi connectivity index (χ0) is 15.8. The highest BCUT2D eigenvalue weighted by molar-refractivity contribution is 5.92. The van der Waals surface area contributed by atoms with Crippen LogP contribution < -0.4 is 5.32 Å². The van der Waals surface area contributed by atoms with E-state index in [4.69, 9.17) is 9.15 Å². The Morgan fingerprint density at radius 2 is 2.36 bits per heavy atom. The molecule has 1 aromatic rings. The van der Waals surface area contributed by atoms with Gasteiger partial charge in [0.2, 0.25) is 5.91 Å². The lowest BCUT2D eigenvalue weighted by molar-refractivity contribution is -0.126. The normalized spacial score (nSPS) is 18.2. The molecule has 1 N–H and O–H groups in total. The van der Waals surface area contributed by atoms with E-state index in [2.05, 4.69) is 5.32 Å². The van der Waals surface area contributed by atoms with Gasteiger partial charge in [-0.15, -0.1) is 0 Å². The second kappa shape index (κ2) is 8.58. The van der Waals surface area contributed by atoms with E-state index in [9.17, 15) is 9.59 Å².